The molecule has 0 saturated carbocycles. The second-order valence-electron chi connectivity index (χ2n) is 7.54. The number of oxazole rings is 1. The van der Waals surface area contributed by atoms with Gasteiger partial charge in [-0.1, -0.05) is 17.7 Å². The second kappa shape index (κ2) is 8.95. The number of halogens is 1. The number of amides is 1. The maximum atomic E-state index is 12.4. The molecule has 0 atom stereocenters. The summed E-state index contributed by atoms with van der Waals surface area (Å²) in [5, 5.41) is 3.59. The van der Waals surface area contributed by atoms with Crippen LogP contribution in [0, 0.1) is 6.92 Å². The highest BCUT2D eigenvalue weighted by Gasteiger charge is 2.19. The quantitative estimate of drug-likeness (QED) is 0.687. The molecular formula is C22H25ClN4O2. The average molecular weight is 413 g/mol. The second-order valence-corrected chi connectivity index (χ2v) is 7.98. The van der Waals surface area contributed by atoms with Gasteiger partial charge in [-0.15, -0.1) is 0 Å². The van der Waals surface area contributed by atoms with Crippen LogP contribution in [-0.2, 0) is 11.3 Å². The van der Waals surface area contributed by atoms with Crippen molar-refractivity contribution in [1.82, 2.24) is 14.8 Å². The van der Waals surface area contributed by atoms with E-state index in [9.17, 15) is 4.79 Å². The number of rotatable bonds is 5. The summed E-state index contributed by atoms with van der Waals surface area (Å²) < 4.78 is 5.92. The smallest absolute Gasteiger partial charge is 0.238 e. The molecule has 1 N–H and O–H groups in total. The lowest BCUT2D eigenvalue weighted by Crippen LogP contribution is -2.36. The lowest BCUT2D eigenvalue weighted by molar-refractivity contribution is -0.117. The largest absolute Gasteiger partial charge is 0.439 e. The summed E-state index contributed by atoms with van der Waals surface area (Å²) in [6, 6.07) is 13.2. The van der Waals surface area contributed by atoms with Crippen molar-refractivity contribution in [2.24, 2.45) is 0 Å². The van der Waals surface area contributed by atoms with Crippen LogP contribution in [0.2, 0.25) is 5.02 Å². The molecule has 4 rings (SSSR count). The maximum Gasteiger partial charge on any atom is 0.238 e. The molecule has 6 nitrogen and oxygen atoms in total. The fourth-order valence-electron chi connectivity index (χ4n) is 3.62. The van der Waals surface area contributed by atoms with Gasteiger partial charge in [0.2, 0.25) is 11.8 Å². The molecule has 1 amide bonds. The molecule has 0 unspecified atom stereocenters. The first-order valence-electron chi connectivity index (χ1n) is 9.91. The molecule has 29 heavy (non-hydrogen) atoms. The van der Waals surface area contributed by atoms with Crippen molar-refractivity contribution >= 4 is 34.3 Å². The van der Waals surface area contributed by atoms with Crippen LogP contribution in [-0.4, -0.2) is 53.4 Å². The first-order chi connectivity index (χ1) is 14.0. The molecular weight excluding hydrogens is 388 g/mol. The molecule has 0 bridgehead atoms. The van der Waals surface area contributed by atoms with Crippen LogP contribution in [0.1, 0.15) is 17.9 Å². The number of hydrogen-bond acceptors (Lipinski definition) is 5. The van der Waals surface area contributed by atoms with Crippen molar-refractivity contribution in [3.63, 3.8) is 0 Å². The highest BCUT2D eigenvalue weighted by atomic mass is 35.5. The molecule has 152 valence electrons. The van der Waals surface area contributed by atoms with Gasteiger partial charge in [-0.25, -0.2) is 4.98 Å². The van der Waals surface area contributed by atoms with Gasteiger partial charge in [-0.2, -0.15) is 0 Å². The molecule has 1 saturated heterocycles. The Morgan fingerprint density at radius 2 is 1.86 bits per heavy atom. The third-order valence-electron chi connectivity index (χ3n) is 5.12. The Morgan fingerprint density at radius 3 is 2.69 bits per heavy atom. The fraction of sp³-hybridized carbons (Fsp3) is 0.364. The molecule has 2 aromatic carbocycles. The molecule has 0 spiro atoms. The van der Waals surface area contributed by atoms with E-state index in [4.69, 9.17) is 16.0 Å². The number of fused-ring (bicyclic) bond motifs is 1. The van der Waals surface area contributed by atoms with E-state index in [1.807, 2.05) is 37.3 Å². The molecule has 0 aliphatic carbocycles. The van der Waals surface area contributed by atoms with E-state index < -0.39 is 0 Å². The van der Waals surface area contributed by atoms with Gasteiger partial charge in [0, 0.05) is 23.8 Å². The third kappa shape index (κ3) is 5.35. The Kier molecular flexibility index (Phi) is 6.13. The monoisotopic (exact) mass is 412 g/mol. The molecule has 1 aliphatic rings. The lowest BCUT2D eigenvalue weighted by atomic mass is 10.2. The summed E-state index contributed by atoms with van der Waals surface area (Å²) in [6.07, 6.45) is 1.01. The lowest BCUT2D eigenvalue weighted by Gasteiger charge is -2.20. The number of nitrogens with zero attached hydrogens (tertiary/aromatic N) is 3. The van der Waals surface area contributed by atoms with Crippen LogP contribution in [0.3, 0.4) is 0 Å². The Bertz CT molecular complexity index is 986. The molecule has 1 aliphatic heterocycles. The number of aromatic nitrogens is 1. The van der Waals surface area contributed by atoms with Crippen molar-refractivity contribution in [3.8, 4) is 0 Å². The number of aryl methyl sites for hydroxylation is 1. The summed E-state index contributed by atoms with van der Waals surface area (Å²) in [5.41, 5.74) is 3.68. The standard InChI is InChI=1S/C22H25ClN4O2/c1-16-3-8-19-20(13-16)29-22(25-19)15-27-10-2-9-26(11-12-27)14-21(28)24-18-6-4-17(23)5-7-18/h3-8,13H,2,9-12,14-15H2,1H3,(H,24,28). The summed E-state index contributed by atoms with van der Waals surface area (Å²) in [5.74, 6) is 0.745. The van der Waals surface area contributed by atoms with Crippen molar-refractivity contribution < 1.29 is 9.21 Å². The topological polar surface area (TPSA) is 61.6 Å². The molecule has 2 heterocycles. The van der Waals surface area contributed by atoms with Crippen molar-refractivity contribution in [3.05, 3.63) is 58.9 Å². The third-order valence-corrected chi connectivity index (χ3v) is 5.38. The van der Waals surface area contributed by atoms with Crippen LogP contribution in [0.25, 0.3) is 11.1 Å². The van der Waals surface area contributed by atoms with Crippen molar-refractivity contribution in [2.45, 2.75) is 19.9 Å². The number of benzene rings is 2. The highest BCUT2D eigenvalue weighted by Crippen LogP contribution is 2.19. The van der Waals surface area contributed by atoms with E-state index in [0.29, 0.717) is 18.1 Å². The number of carbonyl (C=O) groups is 1. The Balaban J connectivity index is 1.29. The molecule has 1 aromatic heterocycles. The zero-order valence-electron chi connectivity index (χ0n) is 16.5. The number of anilines is 1. The van der Waals surface area contributed by atoms with Gasteiger partial charge in [0.25, 0.3) is 0 Å². The summed E-state index contributed by atoms with van der Waals surface area (Å²) in [4.78, 5) is 21.5. The van der Waals surface area contributed by atoms with Crippen LogP contribution in [0.15, 0.2) is 46.9 Å². The first kappa shape index (κ1) is 19.9. The summed E-state index contributed by atoms with van der Waals surface area (Å²) in [7, 11) is 0. The maximum absolute atomic E-state index is 12.4. The van der Waals surface area contributed by atoms with Gasteiger partial charge >= 0.3 is 0 Å². The predicted molar refractivity (Wildman–Crippen MR) is 115 cm³/mol. The van der Waals surface area contributed by atoms with E-state index >= 15 is 0 Å². The van der Waals surface area contributed by atoms with Gasteiger partial charge in [0.05, 0.1) is 13.1 Å². The normalized spacial score (nSPS) is 16.1. The Morgan fingerprint density at radius 1 is 1.10 bits per heavy atom. The minimum atomic E-state index is -0.00454. The van der Waals surface area contributed by atoms with E-state index in [1.165, 1.54) is 5.56 Å². The average Bonchev–Trinajstić information content (AvgIpc) is 2.95. The van der Waals surface area contributed by atoms with Crippen LogP contribution >= 0.6 is 11.6 Å². The zero-order chi connectivity index (χ0) is 20.2. The van der Waals surface area contributed by atoms with Gasteiger partial charge in [0.1, 0.15) is 5.52 Å². The van der Waals surface area contributed by atoms with Gasteiger partial charge in [0.15, 0.2) is 5.58 Å². The number of hydrogen-bond donors (Lipinski definition) is 1. The first-order valence-corrected chi connectivity index (χ1v) is 10.3. The van der Waals surface area contributed by atoms with E-state index in [-0.39, 0.29) is 5.91 Å². The van der Waals surface area contributed by atoms with E-state index in [0.717, 1.165) is 55.3 Å². The minimum Gasteiger partial charge on any atom is -0.439 e. The molecule has 3 aromatic rings. The van der Waals surface area contributed by atoms with Crippen molar-refractivity contribution in [1.29, 1.82) is 0 Å². The Hall–Kier alpha value is -2.41. The highest BCUT2D eigenvalue weighted by molar-refractivity contribution is 6.30. The van der Waals surface area contributed by atoms with Gasteiger partial charge in [-0.3, -0.25) is 14.6 Å². The number of carbonyl (C=O) groups excluding carboxylic acids is 1. The molecule has 0 radical (unpaired) electrons. The van der Waals surface area contributed by atoms with Crippen LogP contribution in [0.4, 0.5) is 5.69 Å². The minimum absolute atomic E-state index is 0.00454. The van der Waals surface area contributed by atoms with Gasteiger partial charge in [-0.05, 0) is 68.4 Å². The fourth-order valence-corrected chi connectivity index (χ4v) is 3.74. The van der Waals surface area contributed by atoms with Crippen LogP contribution in [0.5, 0.6) is 0 Å². The zero-order valence-corrected chi connectivity index (χ0v) is 17.3. The van der Waals surface area contributed by atoms with E-state index in [2.05, 4.69) is 20.1 Å². The summed E-state index contributed by atoms with van der Waals surface area (Å²) >= 11 is 5.89. The summed E-state index contributed by atoms with van der Waals surface area (Å²) in [6.45, 7) is 6.72. The molecule has 1 fully saturated rings. The van der Waals surface area contributed by atoms with Crippen molar-refractivity contribution in [2.75, 3.05) is 38.0 Å². The number of nitrogens with one attached hydrogen (secondary N) is 1. The van der Waals surface area contributed by atoms with E-state index in [1.54, 1.807) is 12.1 Å². The molecule has 7 heteroatoms. The predicted octanol–water partition coefficient (Wildman–Crippen LogP) is 3.94. The van der Waals surface area contributed by atoms with Crippen LogP contribution < -0.4 is 5.32 Å². The van der Waals surface area contributed by atoms with Gasteiger partial charge < -0.3 is 9.73 Å². The SMILES string of the molecule is Cc1ccc2nc(CN3CCCN(CC(=O)Nc4ccc(Cl)cc4)CC3)oc2c1. The Labute approximate surface area is 175 Å².